The van der Waals surface area contributed by atoms with E-state index in [4.69, 9.17) is 27.9 Å². The molecule has 8 nitrogen and oxygen atoms in total. The molecule has 0 spiro atoms. The van der Waals surface area contributed by atoms with E-state index in [1.807, 2.05) is 6.92 Å². The fraction of sp³-hybridized carbons (Fsp3) is 0.286. The van der Waals surface area contributed by atoms with Gasteiger partial charge >= 0.3 is 0 Å². The average Bonchev–Trinajstić information content (AvgIpc) is 2.92. The second kappa shape index (κ2) is 13.7. The van der Waals surface area contributed by atoms with Gasteiger partial charge in [-0.25, -0.2) is 8.42 Å². The molecule has 0 saturated heterocycles. The first-order chi connectivity index (χ1) is 18.6. The summed E-state index contributed by atoms with van der Waals surface area (Å²) in [6.45, 7) is 5.47. The van der Waals surface area contributed by atoms with Crippen LogP contribution in [0.25, 0.3) is 0 Å². The average molecular weight is 593 g/mol. The SMILES string of the molecule is CCNC(=O)[C@H](C)N(Cc1ccccc1Cl)C(=O)CN(c1ccc(OCC)cc1)S(=O)(=O)c1ccc(Cl)cc1. The van der Waals surface area contributed by atoms with Gasteiger partial charge in [-0.15, -0.1) is 0 Å². The van der Waals surface area contributed by atoms with E-state index >= 15 is 0 Å². The van der Waals surface area contributed by atoms with Gasteiger partial charge in [0.05, 0.1) is 17.2 Å². The molecule has 3 aromatic rings. The van der Waals surface area contributed by atoms with Crippen molar-refractivity contribution in [2.75, 3.05) is 24.0 Å². The number of nitrogens with zero attached hydrogens (tertiary/aromatic N) is 2. The molecule has 3 aromatic carbocycles. The summed E-state index contributed by atoms with van der Waals surface area (Å²) in [5, 5.41) is 3.52. The molecule has 208 valence electrons. The number of hydrogen-bond acceptors (Lipinski definition) is 5. The van der Waals surface area contributed by atoms with Gasteiger partial charge in [0.15, 0.2) is 0 Å². The molecule has 0 bridgehead atoms. The van der Waals surface area contributed by atoms with Crippen LogP contribution in [0, 0.1) is 0 Å². The predicted molar refractivity (Wildman–Crippen MR) is 154 cm³/mol. The number of nitrogens with one attached hydrogen (secondary N) is 1. The van der Waals surface area contributed by atoms with E-state index in [0.717, 1.165) is 4.31 Å². The molecule has 0 aromatic heterocycles. The fourth-order valence-corrected chi connectivity index (χ4v) is 5.59. The minimum absolute atomic E-state index is 0.00885. The van der Waals surface area contributed by atoms with Crippen LogP contribution in [0.2, 0.25) is 10.0 Å². The third-order valence-electron chi connectivity index (χ3n) is 5.93. The van der Waals surface area contributed by atoms with E-state index < -0.39 is 28.5 Å². The Morgan fingerprint density at radius 2 is 1.59 bits per heavy atom. The zero-order chi connectivity index (χ0) is 28.6. The van der Waals surface area contributed by atoms with Gasteiger partial charge in [0.1, 0.15) is 18.3 Å². The lowest BCUT2D eigenvalue weighted by Crippen LogP contribution is -2.51. The lowest BCUT2D eigenvalue weighted by atomic mass is 10.1. The Kier molecular flexibility index (Phi) is 10.6. The Morgan fingerprint density at radius 3 is 2.18 bits per heavy atom. The first-order valence-electron chi connectivity index (χ1n) is 12.4. The van der Waals surface area contributed by atoms with E-state index in [-0.39, 0.29) is 23.0 Å². The summed E-state index contributed by atoms with van der Waals surface area (Å²) in [6.07, 6.45) is 0. The number of anilines is 1. The van der Waals surface area contributed by atoms with Crippen molar-refractivity contribution in [1.82, 2.24) is 10.2 Å². The van der Waals surface area contributed by atoms with E-state index in [1.165, 1.54) is 29.2 Å². The number of carbonyl (C=O) groups is 2. The summed E-state index contributed by atoms with van der Waals surface area (Å²) in [7, 11) is -4.20. The van der Waals surface area contributed by atoms with Crippen LogP contribution in [0.15, 0.2) is 77.7 Å². The van der Waals surface area contributed by atoms with Gasteiger partial charge in [0.25, 0.3) is 10.0 Å². The molecule has 0 unspecified atom stereocenters. The topological polar surface area (TPSA) is 96.0 Å². The first kappa shape index (κ1) is 30.3. The monoisotopic (exact) mass is 591 g/mol. The van der Waals surface area contributed by atoms with Gasteiger partial charge in [-0.1, -0.05) is 41.4 Å². The van der Waals surface area contributed by atoms with Crippen LogP contribution < -0.4 is 14.4 Å². The van der Waals surface area contributed by atoms with Crippen LogP contribution in [0.3, 0.4) is 0 Å². The Bertz CT molecular complexity index is 1380. The van der Waals surface area contributed by atoms with E-state index in [0.29, 0.717) is 34.5 Å². The summed E-state index contributed by atoms with van der Waals surface area (Å²) in [4.78, 5) is 27.9. The highest BCUT2D eigenvalue weighted by Gasteiger charge is 2.32. The van der Waals surface area contributed by atoms with E-state index in [2.05, 4.69) is 5.32 Å². The quantitative estimate of drug-likeness (QED) is 0.314. The van der Waals surface area contributed by atoms with E-state index in [1.54, 1.807) is 62.4 Å². The number of halogens is 2. The van der Waals surface area contributed by atoms with Gasteiger partial charge in [-0.05, 0) is 80.9 Å². The Labute approximate surface area is 239 Å². The molecule has 1 N–H and O–H groups in total. The van der Waals surface area contributed by atoms with Gasteiger partial charge in [0, 0.05) is 23.1 Å². The molecule has 0 aliphatic heterocycles. The zero-order valence-corrected chi connectivity index (χ0v) is 24.3. The van der Waals surface area contributed by atoms with E-state index in [9.17, 15) is 18.0 Å². The number of likely N-dealkylation sites (N-methyl/N-ethyl adjacent to an activating group) is 1. The van der Waals surface area contributed by atoms with Crippen LogP contribution in [0.5, 0.6) is 5.75 Å². The maximum absolute atomic E-state index is 13.8. The van der Waals surface area contributed by atoms with Gasteiger partial charge in [-0.2, -0.15) is 0 Å². The van der Waals surface area contributed by atoms with Crippen molar-refractivity contribution in [3.63, 3.8) is 0 Å². The molecular formula is C28H31Cl2N3O5S. The second-order valence-corrected chi connectivity index (χ2v) is 11.3. The van der Waals surface area contributed by atoms with Gasteiger partial charge in [-0.3, -0.25) is 13.9 Å². The molecule has 11 heteroatoms. The second-order valence-electron chi connectivity index (χ2n) is 8.58. The highest BCUT2D eigenvalue weighted by atomic mass is 35.5. The summed E-state index contributed by atoms with van der Waals surface area (Å²) < 4.78 is 34.1. The van der Waals surface area contributed by atoms with Gasteiger partial charge in [0.2, 0.25) is 11.8 Å². The third kappa shape index (κ3) is 7.65. The summed E-state index contributed by atoms with van der Waals surface area (Å²) in [5.74, 6) is -0.396. The van der Waals surface area contributed by atoms with Crippen LogP contribution >= 0.6 is 23.2 Å². The summed E-state index contributed by atoms with van der Waals surface area (Å²) in [5.41, 5.74) is 0.877. The maximum Gasteiger partial charge on any atom is 0.264 e. The number of sulfonamides is 1. The molecule has 1 atom stereocenters. The lowest BCUT2D eigenvalue weighted by Gasteiger charge is -2.32. The molecule has 0 aliphatic rings. The Hall–Kier alpha value is -3.27. The summed E-state index contributed by atoms with van der Waals surface area (Å²) >= 11 is 12.3. The summed E-state index contributed by atoms with van der Waals surface area (Å²) in [6, 6.07) is 18.2. The van der Waals surface area contributed by atoms with Crippen molar-refractivity contribution >= 4 is 50.7 Å². The molecule has 39 heavy (non-hydrogen) atoms. The molecule has 0 fully saturated rings. The zero-order valence-electron chi connectivity index (χ0n) is 21.9. The predicted octanol–water partition coefficient (Wildman–Crippen LogP) is 5.14. The fourth-order valence-electron chi connectivity index (χ4n) is 3.85. The lowest BCUT2D eigenvalue weighted by molar-refractivity contribution is -0.139. The van der Waals surface area contributed by atoms with Gasteiger partial charge < -0.3 is 15.0 Å². The van der Waals surface area contributed by atoms with Crippen molar-refractivity contribution in [1.29, 1.82) is 0 Å². The normalized spacial score (nSPS) is 11.9. The molecular weight excluding hydrogens is 561 g/mol. The molecule has 0 radical (unpaired) electrons. The van der Waals surface area contributed by atoms with Crippen molar-refractivity contribution in [2.24, 2.45) is 0 Å². The standard InChI is InChI=1S/C28H31Cl2N3O5S/c1-4-31-28(35)20(3)32(18-21-8-6-7-9-26(21)30)27(34)19-33(23-12-14-24(15-13-23)38-5-2)39(36,37)25-16-10-22(29)11-17-25/h6-17,20H,4-5,18-19H2,1-3H3,(H,31,35)/t20-/m0/s1. The largest absolute Gasteiger partial charge is 0.494 e. The van der Waals surface area contributed by atoms with Crippen LogP contribution in [0.4, 0.5) is 5.69 Å². The van der Waals surface area contributed by atoms with Crippen molar-refractivity contribution < 1.29 is 22.7 Å². The highest BCUT2D eigenvalue weighted by molar-refractivity contribution is 7.92. The molecule has 0 heterocycles. The minimum atomic E-state index is -4.20. The number of hydrogen-bond donors (Lipinski definition) is 1. The number of rotatable bonds is 12. The van der Waals surface area contributed by atoms with Crippen molar-refractivity contribution in [3.8, 4) is 5.75 Å². The highest BCUT2D eigenvalue weighted by Crippen LogP contribution is 2.28. The molecule has 0 saturated carbocycles. The first-order valence-corrected chi connectivity index (χ1v) is 14.6. The van der Waals surface area contributed by atoms with Crippen molar-refractivity contribution in [2.45, 2.75) is 38.3 Å². The molecule has 0 aliphatic carbocycles. The van der Waals surface area contributed by atoms with Crippen LogP contribution in [0.1, 0.15) is 26.3 Å². The smallest absolute Gasteiger partial charge is 0.264 e. The number of carbonyl (C=O) groups excluding carboxylic acids is 2. The van der Waals surface area contributed by atoms with Crippen molar-refractivity contribution in [3.05, 3.63) is 88.4 Å². The van der Waals surface area contributed by atoms with Crippen LogP contribution in [-0.2, 0) is 26.2 Å². The Balaban J connectivity index is 2.04. The molecule has 3 rings (SSSR count). The number of ether oxygens (including phenoxy) is 1. The minimum Gasteiger partial charge on any atom is -0.494 e. The molecule has 2 amide bonds. The number of amides is 2. The van der Waals surface area contributed by atoms with Crippen LogP contribution in [-0.4, -0.2) is 50.9 Å². The third-order valence-corrected chi connectivity index (χ3v) is 8.34. The maximum atomic E-state index is 13.8. The number of benzene rings is 3. The Morgan fingerprint density at radius 1 is 0.949 bits per heavy atom.